The molecule has 0 saturated heterocycles. The number of benzene rings is 2. The van der Waals surface area contributed by atoms with Crippen LogP contribution in [0, 0.1) is 25.5 Å². The van der Waals surface area contributed by atoms with Crippen LogP contribution in [-0.2, 0) is 6.54 Å². The Hall–Kier alpha value is -3.48. The second-order valence-corrected chi connectivity index (χ2v) is 7.08. The largest absolute Gasteiger partial charge is 0.483 e. The number of hydrogen-bond donors (Lipinski definition) is 2. The molecule has 2 N–H and O–H groups in total. The summed E-state index contributed by atoms with van der Waals surface area (Å²) >= 11 is 0. The molecule has 0 aliphatic carbocycles. The molecule has 1 aromatic heterocycles. The number of aryl methyl sites for hydroxylation is 2. The molecular weight excluding hydrogens is 390 g/mol. The topological polar surface area (TPSA) is 71.2 Å². The number of aromatic amines is 1. The van der Waals surface area contributed by atoms with E-state index >= 15 is 0 Å². The zero-order valence-corrected chi connectivity index (χ0v) is 16.9. The number of H-pyrrole nitrogens is 1. The number of aromatic nitrogens is 1. The lowest BCUT2D eigenvalue weighted by Crippen LogP contribution is -2.27. The summed E-state index contributed by atoms with van der Waals surface area (Å²) in [4.78, 5) is 27.2. The highest BCUT2D eigenvalue weighted by Gasteiger charge is 2.13. The van der Waals surface area contributed by atoms with Crippen LogP contribution in [0.5, 0.6) is 5.75 Å². The van der Waals surface area contributed by atoms with E-state index in [2.05, 4.69) is 10.3 Å². The first-order valence-corrected chi connectivity index (χ1v) is 9.44. The molecule has 0 saturated carbocycles. The number of nitrogens with one attached hydrogen (secondary N) is 2. The zero-order valence-electron chi connectivity index (χ0n) is 16.9. The monoisotopic (exact) mass is 412 g/mol. The van der Waals surface area contributed by atoms with Crippen LogP contribution in [0.2, 0.25) is 0 Å². The van der Waals surface area contributed by atoms with Crippen LogP contribution < -0.4 is 15.6 Å². The lowest BCUT2D eigenvalue weighted by molar-refractivity contribution is 0.0950. The van der Waals surface area contributed by atoms with Crippen molar-refractivity contribution in [3.63, 3.8) is 0 Å². The van der Waals surface area contributed by atoms with Crippen molar-refractivity contribution in [1.29, 1.82) is 0 Å². The van der Waals surface area contributed by atoms with Gasteiger partial charge >= 0.3 is 0 Å². The second-order valence-electron chi connectivity index (χ2n) is 7.08. The average molecular weight is 412 g/mol. The van der Waals surface area contributed by atoms with Crippen LogP contribution in [0.15, 0.2) is 53.3 Å². The van der Waals surface area contributed by atoms with E-state index in [9.17, 15) is 18.4 Å². The molecule has 7 heteroatoms. The van der Waals surface area contributed by atoms with E-state index in [0.29, 0.717) is 11.1 Å². The van der Waals surface area contributed by atoms with Gasteiger partial charge in [-0.05, 0) is 62.2 Å². The van der Waals surface area contributed by atoms with Gasteiger partial charge in [-0.15, -0.1) is 0 Å². The number of pyridine rings is 1. The summed E-state index contributed by atoms with van der Waals surface area (Å²) in [5, 5.41) is 2.74. The van der Waals surface area contributed by atoms with Crippen molar-refractivity contribution in [1.82, 2.24) is 10.3 Å². The molecule has 5 nitrogen and oxygen atoms in total. The second kappa shape index (κ2) is 8.90. The summed E-state index contributed by atoms with van der Waals surface area (Å²) in [6.07, 6.45) is -0.504. The molecule has 0 bridgehead atoms. The lowest BCUT2D eigenvalue weighted by atomic mass is 10.1. The molecule has 0 radical (unpaired) electrons. The van der Waals surface area contributed by atoms with E-state index in [1.165, 1.54) is 6.07 Å². The van der Waals surface area contributed by atoms with Gasteiger partial charge in [0, 0.05) is 29.4 Å². The quantitative estimate of drug-likeness (QED) is 0.633. The molecule has 2 aromatic carbocycles. The van der Waals surface area contributed by atoms with E-state index in [4.69, 9.17) is 4.74 Å². The third-order valence-electron chi connectivity index (χ3n) is 4.76. The SMILES string of the molecule is Cc1cc(C)c(CNC(=O)c2ccc(C(C)Oc3ccc(F)cc3F)cc2)c(=O)[nH]1. The summed E-state index contributed by atoms with van der Waals surface area (Å²) in [7, 11) is 0. The first kappa shape index (κ1) is 21.2. The number of hydrogen-bond acceptors (Lipinski definition) is 3. The predicted molar refractivity (Wildman–Crippen MR) is 110 cm³/mol. The molecule has 1 amide bonds. The summed E-state index contributed by atoms with van der Waals surface area (Å²) in [5.41, 5.74) is 3.00. The standard InChI is InChI=1S/C23H22F2N2O3/c1-13-10-14(2)27-23(29)19(13)12-26-22(28)17-6-4-16(5-7-17)15(3)30-21-9-8-18(24)11-20(21)25/h4-11,15H,12H2,1-3H3,(H,26,28)(H,27,29). The van der Waals surface area contributed by atoms with Gasteiger partial charge in [-0.2, -0.15) is 0 Å². The van der Waals surface area contributed by atoms with Gasteiger partial charge in [0.15, 0.2) is 11.6 Å². The van der Waals surface area contributed by atoms with Gasteiger partial charge in [-0.3, -0.25) is 9.59 Å². The first-order chi connectivity index (χ1) is 14.2. The Morgan fingerprint density at radius 3 is 2.43 bits per heavy atom. The Morgan fingerprint density at radius 2 is 1.80 bits per heavy atom. The molecule has 1 heterocycles. The molecule has 30 heavy (non-hydrogen) atoms. The smallest absolute Gasteiger partial charge is 0.253 e. The van der Waals surface area contributed by atoms with Gasteiger partial charge in [0.05, 0.1) is 0 Å². The number of rotatable bonds is 6. The number of halogens is 2. The minimum atomic E-state index is -0.778. The fourth-order valence-corrected chi connectivity index (χ4v) is 3.11. The van der Waals surface area contributed by atoms with Gasteiger partial charge in [-0.1, -0.05) is 12.1 Å². The van der Waals surface area contributed by atoms with E-state index in [0.717, 1.165) is 29.0 Å². The molecule has 0 aliphatic heterocycles. The van der Waals surface area contributed by atoms with Gasteiger partial charge in [-0.25, -0.2) is 8.78 Å². The van der Waals surface area contributed by atoms with Crippen molar-refractivity contribution in [3.8, 4) is 5.75 Å². The Kier molecular flexibility index (Phi) is 6.30. The fraction of sp³-hybridized carbons (Fsp3) is 0.217. The Morgan fingerprint density at radius 1 is 1.10 bits per heavy atom. The molecule has 0 aliphatic rings. The maximum Gasteiger partial charge on any atom is 0.253 e. The lowest BCUT2D eigenvalue weighted by Gasteiger charge is -2.16. The van der Waals surface area contributed by atoms with E-state index in [-0.39, 0.29) is 23.8 Å². The van der Waals surface area contributed by atoms with Crippen LogP contribution in [0.25, 0.3) is 0 Å². The molecular formula is C23H22F2N2O3. The van der Waals surface area contributed by atoms with Gasteiger partial charge in [0.1, 0.15) is 11.9 Å². The van der Waals surface area contributed by atoms with E-state index in [1.807, 2.05) is 13.0 Å². The highest BCUT2D eigenvalue weighted by Crippen LogP contribution is 2.25. The van der Waals surface area contributed by atoms with Crippen LogP contribution in [0.3, 0.4) is 0 Å². The zero-order chi connectivity index (χ0) is 21.8. The van der Waals surface area contributed by atoms with Crippen LogP contribution in [0.4, 0.5) is 8.78 Å². The number of carbonyl (C=O) groups is 1. The first-order valence-electron chi connectivity index (χ1n) is 9.44. The molecule has 3 rings (SSSR count). The van der Waals surface area contributed by atoms with Gasteiger partial charge in [0.25, 0.3) is 11.5 Å². The van der Waals surface area contributed by atoms with Gasteiger partial charge < -0.3 is 15.0 Å². The maximum atomic E-state index is 13.8. The molecule has 0 spiro atoms. The number of ether oxygens (including phenoxy) is 1. The van der Waals surface area contributed by atoms with Crippen molar-refractivity contribution < 1.29 is 18.3 Å². The molecule has 1 unspecified atom stereocenters. The Balaban J connectivity index is 1.64. The van der Waals surface area contributed by atoms with Crippen molar-refractivity contribution in [2.75, 3.05) is 0 Å². The molecule has 156 valence electrons. The maximum absolute atomic E-state index is 13.8. The van der Waals surface area contributed by atoms with Crippen LogP contribution in [0.1, 0.15) is 45.8 Å². The van der Waals surface area contributed by atoms with Crippen LogP contribution >= 0.6 is 0 Å². The summed E-state index contributed by atoms with van der Waals surface area (Å²) in [5.74, 6) is -1.83. The number of amides is 1. The molecule has 3 aromatic rings. The predicted octanol–water partition coefficient (Wildman–Crippen LogP) is 4.34. The minimum Gasteiger partial charge on any atom is -0.483 e. The Labute approximate surface area is 172 Å². The minimum absolute atomic E-state index is 0.0515. The molecule has 0 fully saturated rings. The van der Waals surface area contributed by atoms with Gasteiger partial charge in [0.2, 0.25) is 0 Å². The summed E-state index contributed by atoms with van der Waals surface area (Å²) < 4.78 is 32.3. The summed E-state index contributed by atoms with van der Waals surface area (Å²) in [6, 6.07) is 11.6. The molecule has 1 atom stereocenters. The van der Waals surface area contributed by atoms with Crippen molar-refractivity contribution in [2.24, 2.45) is 0 Å². The highest BCUT2D eigenvalue weighted by molar-refractivity contribution is 5.94. The third kappa shape index (κ3) is 4.92. The average Bonchev–Trinajstić information content (AvgIpc) is 2.69. The third-order valence-corrected chi connectivity index (χ3v) is 4.76. The highest BCUT2D eigenvalue weighted by atomic mass is 19.1. The fourth-order valence-electron chi connectivity index (χ4n) is 3.11. The van der Waals surface area contributed by atoms with Crippen molar-refractivity contribution in [2.45, 2.75) is 33.4 Å². The van der Waals surface area contributed by atoms with E-state index in [1.54, 1.807) is 38.1 Å². The summed E-state index contributed by atoms with van der Waals surface area (Å²) in [6.45, 7) is 5.47. The van der Waals surface area contributed by atoms with Crippen LogP contribution in [-0.4, -0.2) is 10.9 Å². The van der Waals surface area contributed by atoms with E-state index < -0.39 is 17.7 Å². The van der Waals surface area contributed by atoms with Crippen molar-refractivity contribution >= 4 is 5.91 Å². The normalized spacial score (nSPS) is 11.8. The number of carbonyl (C=O) groups excluding carboxylic acids is 1. The Bertz CT molecular complexity index is 1120. The van der Waals surface area contributed by atoms with Crippen molar-refractivity contribution in [3.05, 3.63) is 98.5 Å².